The first kappa shape index (κ1) is 12.7. The quantitative estimate of drug-likeness (QED) is 0.901. The Morgan fingerprint density at radius 1 is 1.22 bits per heavy atom. The summed E-state index contributed by atoms with van der Waals surface area (Å²) in [5, 5.41) is 0. The van der Waals surface area contributed by atoms with Crippen LogP contribution in [-0.4, -0.2) is 4.98 Å². The lowest BCUT2D eigenvalue weighted by molar-refractivity contribution is 0.619. The summed E-state index contributed by atoms with van der Waals surface area (Å²) in [6, 6.07) is 8.47. The molecule has 1 unspecified atom stereocenters. The standard InChI is InChI=1S/C15H17FN2/c1-10-5-6-13(16)8-12(10)9-14(17)15-11(2)4-3-7-18-15/h3-8,14H,9,17H2,1-2H3. The van der Waals surface area contributed by atoms with Crippen molar-refractivity contribution in [2.24, 2.45) is 5.73 Å². The first-order chi connectivity index (χ1) is 8.58. The lowest BCUT2D eigenvalue weighted by Gasteiger charge is -2.15. The maximum Gasteiger partial charge on any atom is 0.123 e. The number of aryl methyl sites for hydroxylation is 2. The van der Waals surface area contributed by atoms with E-state index < -0.39 is 0 Å². The number of hydrogen-bond donors (Lipinski definition) is 1. The van der Waals surface area contributed by atoms with Crippen LogP contribution < -0.4 is 5.73 Å². The number of hydrogen-bond acceptors (Lipinski definition) is 2. The summed E-state index contributed by atoms with van der Waals surface area (Å²) in [4.78, 5) is 4.31. The van der Waals surface area contributed by atoms with Gasteiger partial charge in [-0.25, -0.2) is 4.39 Å². The van der Waals surface area contributed by atoms with Crippen molar-refractivity contribution in [2.75, 3.05) is 0 Å². The van der Waals surface area contributed by atoms with Crippen LogP contribution in [-0.2, 0) is 6.42 Å². The Morgan fingerprint density at radius 2 is 2.00 bits per heavy atom. The van der Waals surface area contributed by atoms with E-state index in [0.29, 0.717) is 6.42 Å². The van der Waals surface area contributed by atoms with Gasteiger partial charge in [-0.2, -0.15) is 0 Å². The van der Waals surface area contributed by atoms with Crippen LogP contribution >= 0.6 is 0 Å². The molecular weight excluding hydrogens is 227 g/mol. The molecule has 1 heterocycles. The zero-order valence-corrected chi connectivity index (χ0v) is 10.7. The average molecular weight is 244 g/mol. The molecule has 0 saturated carbocycles. The number of pyridine rings is 1. The molecule has 1 atom stereocenters. The van der Waals surface area contributed by atoms with Gasteiger partial charge in [-0.1, -0.05) is 12.1 Å². The topological polar surface area (TPSA) is 38.9 Å². The van der Waals surface area contributed by atoms with E-state index in [1.807, 2.05) is 26.0 Å². The van der Waals surface area contributed by atoms with Gasteiger partial charge in [0.05, 0.1) is 11.7 Å². The summed E-state index contributed by atoms with van der Waals surface area (Å²) < 4.78 is 13.2. The predicted octanol–water partition coefficient (Wildman–Crippen LogP) is 3.08. The second kappa shape index (κ2) is 5.27. The molecule has 0 bridgehead atoms. The van der Waals surface area contributed by atoms with Gasteiger partial charge in [0.2, 0.25) is 0 Å². The molecule has 2 nitrogen and oxygen atoms in total. The molecular formula is C15H17FN2. The van der Waals surface area contributed by atoms with E-state index >= 15 is 0 Å². The fourth-order valence-electron chi connectivity index (χ4n) is 2.08. The van der Waals surface area contributed by atoms with Crippen LogP contribution in [0.4, 0.5) is 4.39 Å². The first-order valence-electron chi connectivity index (χ1n) is 6.00. The number of nitrogens with zero attached hydrogens (tertiary/aromatic N) is 1. The number of halogens is 1. The number of nitrogens with two attached hydrogens (primary N) is 1. The van der Waals surface area contributed by atoms with Crippen molar-refractivity contribution in [3.05, 3.63) is 64.7 Å². The molecule has 2 N–H and O–H groups in total. The van der Waals surface area contributed by atoms with Gasteiger partial charge in [-0.15, -0.1) is 0 Å². The molecule has 0 spiro atoms. The van der Waals surface area contributed by atoms with E-state index in [-0.39, 0.29) is 11.9 Å². The van der Waals surface area contributed by atoms with Crippen molar-refractivity contribution >= 4 is 0 Å². The molecule has 0 amide bonds. The fraction of sp³-hybridized carbons (Fsp3) is 0.267. The van der Waals surface area contributed by atoms with E-state index in [1.54, 1.807) is 18.3 Å². The highest BCUT2D eigenvalue weighted by Crippen LogP contribution is 2.20. The SMILES string of the molecule is Cc1ccc(F)cc1CC(N)c1ncccc1C. The van der Waals surface area contributed by atoms with Crippen molar-refractivity contribution in [2.45, 2.75) is 26.3 Å². The van der Waals surface area contributed by atoms with Gasteiger partial charge in [0.1, 0.15) is 5.82 Å². The first-order valence-corrected chi connectivity index (χ1v) is 6.00. The summed E-state index contributed by atoms with van der Waals surface area (Å²) in [7, 11) is 0. The molecule has 0 fully saturated rings. The van der Waals surface area contributed by atoms with Gasteiger partial charge in [-0.05, 0) is 55.2 Å². The zero-order valence-electron chi connectivity index (χ0n) is 10.7. The Bertz CT molecular complexity index is 552. The van der Waals surface area contributed by atoms with Crippen molar-refractivity contribution in [1.82, 2.24) is 4.98 Å². The van der Waals surface area contributed by atoms with Crippen molar-refractivity contribution in [3.63, 3.8) is 0 Å². The highest BCUT2D eigenvalue weighted by Gasteiger charge is 2.12. The van der Waals surface area contributed by atoms with Crippen LogP contribution in [0, 0.1) is 19.7 Å². The fourth-order valence-corrected chi connectivity index (χ4v) is 2.08. The molecule has 2 rings (SSSR count). The molecule has 0 aliphatic rings. The highest BCUT2D eigenvalue weighted by molar-refractivity contribution is 5.30. The van der Waals surface area contributed by atoms with Crippen molar-refractivity contribution in [3.8, 4) is 0 Å². The molecule has 0 saturated heterocycles. The van der Waals surface area contributed by atoms with Gasteiger partial charge >= 0.3 is 0 Å². The molecule has 0 aliphatic carbocycles. The van der Waals surface area contributed by atoms with E-state index in [1.165, 1.54) is 6.07 Å². The van der Waals surface area contributed by atoms with Gasteiger partial charge < -0.3 is 5.73 Å². The van der Waals surface area contributed by atoms with Crippen LogP contribution in [0.3, 0.4) is 0 Å². The Hall–Kier alpha value is -1.74. The van der Waals surface area contributed by atoms with Gasteiger partial charge in [-0.3, -0.25) is 4.98 Å². The Labute approximate surface area is 107 Å². The summed E-state index contributed by atoms with van der Waals surface area (Å²) in [5.74, 6) is -0.222. The molecule has 94 valence electrons. The zero-order chi connectivity index (χ0) is 13.1. The summed E-state index contributed by atoms with van der Waals surface area (Å²) in [6.07, 6.45) is 2.34. The largest absolute Gasteiger partial charge is 0.322 e. The average Bonchev–Trinajstić information content (AvgIpc) is 2.34. The van der Waals surface area contributed by atoms with Crippen LogP contribution in [0.25, 0.3) is 0 Å². The second-order valence-corrected chi connectivity index (χ2v) is 4.59. The van der Waals surface area contributed by atoms with E-state index in [9.17, 15) is 4.39 Å². The summed E-state index contributed by atoms with van der Waals surface area (Å²) in [5.41, 5.74) is 10.1. The second-order valence-electron chi connectivity index (χ2n) is 4.59. The number of rotatable bonds is 3. The van der Waals surface area contributed by atoms with E-state index in [4.69, 9.17) is 5.73 Å². The third-order valence-electron chi connectivity index (χ3n) is 3.15. The summed E-state index contributed by atoms with van der Waals surface area (Å²) in [6.45, 7) is 3.95. The third kappa shape index (κ3) is 2.74. The molecule has 2 aromatic rings. The smallest absolute Gasteiger partial charge is 0.123 e. The maximum atomic E-state index is 13.2. The Morgan fingerprint density at radius 3 is 2.72 bits per heavy atom. The monoisotopic (exact) mass is 244 g/mol. The minimum absolute atomic E-state index is 0.202. The molecule has 1 aromatic heterocycles. The molecule has 0 aliphatic heterocycles. The van der Waals surface area contributed by atoms with E-state index in [2.05, 4.69) is 4.98 Å². The van der Waals surface area contributed by atoms with Crippen LogP contribution in [0.2, 0.25) is 0 Å². The van der Waals surface area contributed by atoms with E-state index in [0.717, 1.165) is 22.4 Å². The van der Waals surface area contributed by atoms with Gasteiger partial charge in [0.15, 0.2) is 0 Å². The minimum atomic E-state index is -0.222. The Balaban J connectivity index is 2.24. The van der Waals surface area contributed by atoms with Crippen LogP contribution in [0.1, 0.15) is 28.4 Å². The lowest BCUT2D eigenvalue weighted by atomic mass is 9.97. The van der Waals surface area contributed by atoms with Crippen LogP contribution in [0.15, 0.2) is 36.5 Å². The van der Waals surface area contributed by atoms with Crippen LogP contribution in [0.5, 0.6) is 0 Å². The van der Waals surface area contributed by atoms with Crippen molar-refractivity contribution < 1.29 is 4.39 Å². The lowest BCUT2D eigenvalue weighted by Crippen LogP contribution is -2.16. The maximum absolute atomic E-state index is 13.2. The van der Waals surface area contributed by atoms with Crippen molar-refractivity contribution in [1.29, 1.82) is 0 Å². The third-order valence-corrected chi connectivity index (χ3v) is 3.15. The normalized spacial score (nSPS) is 12.4. The van der Waals surface area contributed by atoms with Gasteiger partial charge in [0.25, 0.3) is 0 Å². The molecule has 0 radical (unpaired) electrons. The minimum Gasteiger partial charge on any atom is -0.322 e. The number of benzene rings is 1. The number of aromatic nitrogens is 1. The predicted molar refractivity (Wildman–Crippen MR) is 70.7 cm³/mol. The highest BCUT2D eigenvalue weighted by atomic mass is 19.1. The van der Waals surface area contributed by atoms with Gasteiger partial charge in [0, 0.05) is 6.20 Å². The summed E-state index contributed by atoms with van der Waals surface area (Å²) >= 11 is 0. The Kier molecular flexibility index (Phi) is 3.72. The molecule has 18 heavy (non-hydrogen) atoms. The molecule has 1 aromatic carbocycles. The molecule has 3 heteroatoms.